The Balaban J connectivity index is 1.97. The van der Waals surface area contributed by atoms with Crippen LogP contribution in [0.15, 0.2) is 71.6 Å². The Morgan fingerprint density at radius 2 is 1.43 bits per heavy atom. The highest BCUT2D eigenvalue weighted by Gasteiger charge is 2.31. The first-order valence-corrected chi connectivity index (χ1v) is 11.1. The summed E-state index contributed by atoms with van der Waals surface area (Å²) in [6.45, 7) is 7.24. The lowest BCUT2D eigenvalue weighted by Gasteiger charge is -2.23. The zero-order chi connectivity index (χ0) is 21.9. The van der Waals surface area contributed by atoms with E-state index in [1.807, 2.05) is 39.8 Å². The van der Waals surface area contributed by atoms with Gasteiger partial charge in [-0.15, -0.1) is 0 Å². The monoisotopic (exact) mass is 423 g/mol. The van der Waals surface area contributed by atoms with Crippen LogP contribution in [-0.4, -0.2) is 20.9 Å². The molecule has 156 valence electrons. The van der Waals surface area contributed by atoms with E-state index in [4.69, 9.17) is 4.74 Å². The van der Waals surface area contributed by atoms with E-state index in [1.165, 1.54) is 12.1 Å². The second-order valence-electron chi connectivity index (χ2n) is 7.25. The first-order chi connectivity index (χ1) is 14.2. The summed E-state index contributed by atoms with van der Waals surface area (Å²) in [6.07, 6.45) is 0. The summed E-state index contributed by atoms with van der Waals surface area (Å²) in [5.41, 5.74) is 4.05. The molecule has 1 amide bonds. The zero-order valence-corrected chi connectivity index (χ0v) is 18.4. The van der Waals surface area contributed by atoms with E-state index in [-0.39, 0.29) is 10.6 Å². The number of sulfonamides is 1. The predicted octanol–water partition coefficient (Wildman–Crippen LogP) is 4.72. The van der Waals surface area contributed by atoms with Gasteiger partial charge in [0.1, 0.15) is 5.75 Å². The first kappa shape index (κ1) is 21.6. The molecule has 0 radical (unpaired) electrons. The molecule has 3 rings (SSSR count). The van der Waals surface area contributed by atoms with Gasteiger partial charge in [0.25, 0.3) is 15.9 Å². The normalized spacial score (nSPS) is 11.2. The molecule has 0 atom stereocenters. The maximum atomic E-state index is 13.3. The third kappa shape index (κ3) is 4.39. The molecule has 0 heterocycles. The second-order valence-corrected chi connectivity index (χ2v) is 9.04. The number of amides is 1. The third-order valence-corrected chi connectivity index (χ3v) is 6.75. The Morgan fingerprint density at radius 3 is 2.07 bits per heavy atom. The lowest BCUT2D eigenvalue weighted by atomic mass is 10.1. The molecule has 0 N–H and O–H groups in total. The van der Waals surface area contributed by atoms with Crippen molar-refractivity contribution in [3.05, 3.63) is 89.0 Å². The van der Waals surface area contributed by atoms with Crippen LogP contribution in [0.1, 0.15) is 22.3 Å². The van der Waals surface area contributed by atoms with Crippen molar-refractivity contribution in [1.29, 1.82) is 0 Å². The van der Waals surface area contributed by atoms with Gasteiger partial charge in [-0.3, -0.25) is 4.79 Å². The Labute approximate surface area is 178 Å². The third-order valence-electron chi connectivity index (χ3n) is 4.99. The number of para-hydroxylation sites is 1. The van der Waals surface area contributed by atoms with Crippen LogP contribution in [0, 0.1) is 27.7 Å². The van der Waals surface area contributed by atoms with Gasteiger partial charge >= 0.3 is 0 Å². The van der Waals surface area contributed by atoms with E-state index < -0.39 is 22.5 Å². The Hall–Kier alpha value is -3.12. The molecule has 0 bridgehead atoms. The standard InChI is InChI=1S/C24H25NO4S/c1-17-10-14-22(15-11-17)30(27,28)25(21-8-6-5-7-9-21)23(26)16-29-24-19(3)13-12-18(2)20(24)4/h5-15H,16H2,1-4H3. The first-order valence-electron chi connectivity index (χ1n) is 9.61. The molecule has 0 aliphatic heterocycles. The average molecular weight is 424 g/mol. The summed E-state index contributed by atoms with van der Waals surface area (Å²) in [5.74, 6) is -0.0637. The minimum atomic E-state index is -4.10. The highest BCUT2D eigenvalue weighted by atomic mass is 32.2. The minimum absolute atomic E-state index is 0.0493. The molecule has 3 aromatic rings. The van der Waals surface area contributed by atoms with E-state index in [1.54, 1.807) is 42.5 Å². The van der Waals surface area contributed by atoms with Gasteiger partial charge in [-0.25, -0.2) is 8.42 Å². The zero-order valence-electron chi connectivity index (χ0n) is 17.5. The van der Waals surface area contributed by atoms with Crippen LogP contribution >= 0.6 is 0 Å². The molecule has 6 heteroatoms. The van der Waals surface area contributed by atoms with Gasteiger partial charge in [0, 0.05) is 0 Å². The summed E-state index contributed by atoms with van der Waals surface area (Å²) in [6, 6.07) is 18.6. The molecule has 0 spiro atoms. The maximum Gasteiger partial charge on any atom is 0.278 e. The molecule has 0 aliphatic carbocycles. The fraction of sp³-hybridized carbons (Fsp3) is 0.208. The Morgan fingerprint density at radius 1 is 0.833 bits per heavy atom. The molecule has 5 nitrogen and oxygen atoms in total. The molecule has 0 fully saturated rings. The summed E-state index contributed by atoms with van der Waals surface area (Å²) in [7, 11) is -4.10. The number of hydrogen-bond acceptors (Lipinski definition) is 4. The summed E-state index contributed by atoms with van der Waals surface area (Å²) in [4.78, 5) is 13.2. The summed E-state index contributed by atoms with van der Waals surface area (Å²) in [5, 5.41) is 0. The predicted molar refractivity (Wildman–Crippen MR) is 118 cm³/mol. The van der Waals surface area contributed by atoms with Gasteiger partial charge in [0.2, 0.25) is 0 Å². The number of benzene rings is 3. The quantitative estimate of drug-likeness (QED) is 0.575. The maximum absolute atomic E-state index is 13.3. The minimum Gasteiger partial charge on any atom is -0.483 e. The highest BCUT2D eigenvalue weighted by molar-refractivity contribution is 7.93. The van der Waals surface area contributed by atoms with Crippen LogP contribution in [0.5, 0.6) is 5.75 Å². The van der Waals surface area contributed by atoms with E-state index in [0.29, 0.717) is 5.75 Å². The molecule has 0 saturated carbocycles. The fourth-order valence-electron chi connectivity index (χ4n) is 3.14. The van der Waals surface area contributed by atoms with Crippen molar-refractivity contribution in [3.63, 3.8) is 0 Å². The van der Waals surface area contributed by atoms with Gasteiger partial charge in [-0.05, 0) is 68.7 Å². The molecule has 0 aliphatic rings. The SMILES string of the molecule is Cc1ccc(S(=O)(=O)N(C(=O)COc2c(C)ccc(C)c2C)c2ccccc2)cc1. The number of carbonyl (C=O) groups is 1. The van der Waals surface area contributed by atoms with Gasteiger partial charge in [-0.1, -0.05) is 48.0 Å². The van der Waals surface area contributed by atoms with Crippen LogP contribution in [0.25, 0.3) is 0 Å². The molecule has 0 saturated heterocycles. The van der Waals surface area contributed by atoms with Gasteiger partial charge in [-0.2, -0.15) is 4.31 Å². The van der Waals surface area contributed by atoms with Crippen LogP contribution in [0.4, 0.5) is 5.69 Å². The Bertz CT molecular complexity index is 1150. The van der Waals surface area contributed by atoms with Gasteiger partial charge in [0.05, 0.1) is 10.6 Å². The van der Waals surface area contributed by atoms with E-state index in [0.717, 1.165) is 26.6 Å². The second kappa shape index (κ2) is 8.71. The van der Waals surface area contributed by atoms with E-state index in [9.17, 15) is 13.2 Å². The summed E-state index contributed by atoms with van der Waals surface area (Å²) < 4.78 is 33.3. The van der Waals surface area contributed by atoms with E-state index >= 15 is 0 Å². The van der Waals surface area contributed by atoms with Crippen molar-refractivity contribution >= 4 is 21.6 Å². The van der Waals surface area contributed by atoms with Gasteiger partial charge < -0.3 is 4.74 Å². The van der Waals surface area contributed by atoms with Crippen LogP contribution in [0.3, 0.4) is 0 Å². The van der Waals surface area contributed by atoms with Crippen LogP contribution in [0.2, 0.25) is 0 Å². The van der Waals surface area contributed by atoms with E-state index in [2.05, 4.69) is 0 Å². The topological polar surface area (TPSA) is 63.7 Å². The van der Waals surface area contributed by atoms with Crippen molar-refractivity contribution in [2.75, 3.05) is 10.9 Å². The molecule has 3 aromatic carbocycles. The number of carbonyl (C=O) groups excluding carboxylic acids is 1. The van der Waals surface area contributed by atoms with Crippen LogP contribution in [-0.2, 0) is 14.8 Å². The summed E-state index contributed by atoms with van der Waals surface area (Å²) >= 11 is 0. The number of aryl methyl sites for hydroxylation is 3. The van der Waals surface area contributed by atoms with Crippen molar-refractivity contribution in [3.8, 4) is 5.75 Å². The van der Waals surface area contributed by atoms with Crippen LogP contribution < -0.4 is 9.04 Å². The highest BCUT2D eigenvalue weighted by Crippen LogP contribution is 2.27. The lowest BCUT2D eigenvalue weighted by Crippen LogP contribution is -2.40. The van der Waals surface area contributed by atoms with Crippen molar-refractivity contribution in [2.45, 2.75) is 32.6 Å². The fourth-order valence-corrected chi connectivity index (χ4v) is 4.55. The Kier molecular flexibility index (Phi) is 6.27. The number of nitrogens with zero attached hydrogens (tertiary/aromatic N) is 1. The molecule has 0 unspecified atom stereocenters. The number of hydrogen-bond donors (Lipinski definition) is 0. The van der Waals surface area contributed by atoms with Crippen molar-refractivity contribution < 1.29 is 17.9 Å². The average Bonchev–Trinajstić information content (AvgIpc) is 2.72. The number of anilines is 1. The van der Waals surface area contributed by atoms with Crippen molar-refractivity contribution in [1.82, 2.24) is 0 Å². The number of rotatable bonds is 6. The largest absolute Gasteiger partial charge is 0.483 e. The van der Waals surface area contributed by atoms with Crippen molar-refractivity contribution in [2.24, 2.45) is 0 Å². The number of ether oxygens (including phenoxy) is 1. The molecular formula is C24H25NO4S. The smallest absolute Gasteiger partial charge is 0.278 e. The molecule has 30 heavy (non-hydrogen) atoms. The lowest BCUT2D eigenvalue weighted by molar-refractivity contribution is -0.119. The molecule has 0 aromatic heterocycles. The van der Waals surface area contributed by atoms with Gasteiger partial charge in [0.15, 0.2) is 6.61 Å². The molecular weight excluding hydrogens is 398 g/mol.